The fourth-order valence-corrected chi connectivity index (χ4v) is 3.47. The summed E-state index contributed by atoms with van der Waals surface area (Å²) in [6, 6.07) is 8.36. The molecule has 1 unspecified atom stereocenters. The lowest BCUT2D eigenvalue weighted by Crippen LogP contribution is -2.44. The molecule has 0 amide bonds. The summed E-state index contributed by atoms with van der Waals surface area (Å²) >= 11 is 0. The quantitative estimate of drug-likeness (QED) is 0.366. The Balaban J connectivity index is 1.55. The highest BCUT2D eigenvalue weighted by atomic mass is 16.5. The summed E-state index contributed by atoms with van der Waals surface area (Å²) in [5, 5.41) is 6.87. The van der Waals surface area contributed by atoms with Crippen molar-refractivity contribution in [2.24, 2.45) is 4.99 Å². The lowest BCUT2D eigenvalue weighted by molar-refractivity contribution is 0.152. The van der Waals surface area contributed by atoms with E-state index in [1.54, 1.807) is 7.11 Å². The molecule has 0 aromatic heterocycles. The molecule has 1 aromatic carbocycles. The van der Waals surface area contributed by atoms with Crippen LogP contribution in [-0.4, -0.2) is 82.8 Å². The molecule has 1 atom stereocenters. The maximum absolute atomic E-state index is 5.23. The van der Waals surface area contributed by atoms with Crippen LogP contribution in [0.2, 0.25) is 0 Å². The van der Waals surface area contributed by atoms with Crippen molar-refractivity contribution < 1.29 is 4.74 Å². The zero-order valence-corrected chi connectivity index (χ0v) is 18.2. The van der Waals surface area contributed by atoms with Crippen molar-refractivity contribution in [3.63, 3.8) is 0 Å². The van der Waals surface area contributed by atoms with Gasteiger partial charge < -0.3 is 25.2 Å². The molecule has 0 bridgehead atoms. The minimum Gasteiger partial charge on any atom is -0.497 e. The number of likely N-dealkylation sites (N-methyl/N-ethyl adjacent to an activating group) is 1. The van der Waals surface area contributed by atoms with E-state index in [-0.39, 0.29) is 0 Å². The highest BCUT2D eigenvalue weighted by Gasteiger charge is 2.12. The molecule has 2 rings (SSSR count). The van der Waals surface area contributed by atoms with Crippen molar-refractivity contribution in [2.75, 3.05) is 67.0 Å². The van der Waals surface area contributed by atoms with Crippen molar-refractivity contribution in [1.82, 2.24) is 20.4 Å². The molecule has 28 heavy (non-hydrogen) atoms. The summed E-state index contributed by atoms with van der Waals surface area (Å²) in [5.74, 6) is 2.31. The third-order valence-electron chi connectivity index (χ3n) is 5.57. The van der Waals surface area contributed by atoms with E-state index in [1.807, 2.05) is 19.2 Å². The maximum atomic E-state index is 5.23. The van der Waals surface area contributed by atoms with E-state index in [0.717, 1.165) is 31.2 Å². The first-order valence-corrected chi connectivity index (χ1v) is 10.6. The number of ether oxygens (including phenoxy) is 1. The van der Waals surface area contributed by atoms with E-state index < -0.39 is 0 Å². The number of nitrogens with one attached hydrogen (secondary N) is 2. The van der Waals surface area contributed by atoms with Gasteiger partial charge in [0.1, 0.15) is 5.75 Å². The molecule has 2 N–H and O–H groups in total. The summed E-state index contributed by atoms with van der Waals surface area (Å²) in [6.45, 7) is 10.2. The monoisotopic (exact) mass is 389 g/mol. The van der Waals surface area contributed by atoms with Crippen molar-refractivity contribution in [2.45, 2.75) is 32.1 Å². The van der Waals surface area contributed by atoms with Gasteiger partial charge in [-0.05, 0) is 56.5 Å². The molecule has 1 aliphatic rings. The normalized spacial score (nSPS) is 17.4. The van der Waals surface area contributed by atoms with Crippen LogP contribution in [0.25, 0.3) is 0 Å². The Hall–Kier alpha value is -1.79. The number of guanidine groups is 1. The molecule has 1 aliphatic heterocycles. The first-order chi connectivity index (χ1) is 13.6. The summed E-state index contributed by atoms with van der Waals surface area (Å²) in [4.78, 5) is 9.32. The van der Waals surface area contributed by atoms with Crippen LogP contribution in [0.4, 0.5) is 0 Å². The van der Waals surface area contributed by atoms with E-state index >= 15 is 0 Å². The highest BCUT2D eigenvalue weighted by Crippen LogP contribution is 2.21. The minimum atomic E-state index is 0.500. The van der Waals surface area contributed by atoms with Gasteiger partial charge in [0.05, 0.1) is 7.11 Å². The van der Waals surface area contributed by atoms with Crippen molar-refractivity contribution >= 4 is 5.96 Å². The molecule has 0 aliphatic carbocycles. The van der Waals surface area contributed by atoms with Gasteiger partial charge >= 0.3 is 0 Å². The zero-order valence-electron chi connectivity index (χ0n) is 18.2. The Labute approximate surface area is 171 Å². The Morgan fingerprint density at radius 2 is 1.75 bits per heavy atom. The second kappa shape index (κ2) is 12.6. The number of hydrogen-bond acceptors (Lipinski definition) is 4. The summed E-state index contributed by atoms with van der Waals surface area (Å²) in [7, 11) is 5.75. The van der Waals surface area contributed by atoms with Crippen LogP contribution in [0, 0.1) is 0 Å². The lowest BCUT2D eigenvalue weighted by Gasteiger charge is -2.32. The number of benzene rings is 1. The van der Waals surface area contributed by atoms with E-state index in [0.29, 0.717) is 5.92 Å². The number of methoxy groups -OCH3 is 1. The van der Waals surface area contributed by atoms with Gasteiger partial charge in [0.25, 0.3) is 0 Å². The van der Waals surface area contributed by atoms with Crippen LogP contribution in [-0.2, 0) is 0 Å². The van der Waals surface area contributed by atoms with Crippen LogP contribution in [0.5, 0.6) is 5.75 Å². The van der Waals surface area contributed by atoms with Crippen molar-refractivity contribution in [3.8, 4) is 5.75 Å². The average molecular weight is 390 g/mol. The standard InChI is InChI=1S/C22H39N5O/c1-19(20-7-9-21(28-4)10-8-20)11-13-25-22(23-2)24-12-5-6-14-27-17-15-26(3)16-18-27/h7-10,19H,5-6,11-18H2,1-4H3,(H2,23,24,25). The summed E-state index contributed by atoms with van der Waals surface area (Å²) in [6.07, 6.45) is 3.48. The SMILES string of the molecule is CN=C(NCCCCN1CCN(C)CC1)NCCC(C)c1ccc(OC)cc1. The smallest absolute Gasteiger partial charge is 0.190 e. The Morgan fingerprint density at radius 1 is 1.07 bits per heavy atom. The third kappa shape index (κ3) is 8.07. The molecule has 6 heteroatoms. The Bertz CT molecular complexity index is 567. The van der Waals surface area contributed by atoms with Gasteiger partial charge in [-0.15, -0.1) is 0 Å². The van der Waals surface area contributed by atoms with E-state index in [1.165, 1.54) is 51.1 Å². The first kappa shape index (κ1) is 22.5. The van der Waals surface area contributed by atoms with Crippen LogP contribution in [0.1, 0.15) is 37.7 Å². The minimum absolute atomic E-state index is 0.500. The van der Waals surface area contributed by atoms with Gasteiger partial charge in [-0.3, -0.25) is 4.99 Å². The second-order valence-corrected chi connectivity index (χ2v) is 7.74. The van der Waals surface area contributed by atoms with Gasteiger partial charge in [-0.25, -0.2) is 0 Å². The van der Waals surface area contributed by atoms with Crippen LogP contribution < -0.4 is 15.4 Å². The molecular formula is C22H39N5O. The van der Waals surface area contributed by atoms with Crippen LogP contribution >= 0.6 is 0 Å². The first-order valence-electron chi connectivity index (χ1n) is 10.6. The van der Waals surface area contributed by atoms with Gasteiger partial charge in [0.15, 0.2) is 5.96 Å². The number of nitrogens with zero attached hydrogens (tertiary/aromatic N) is 3. The molecule has 6 nitrogen and oxygen atoms in total. The van der Waals surface area contributed by atoms with Crippen LogP contribution in [0.3, 0.4) is 0 Å². The average Bonchev–Trinajstić information content (AvgIpc) is 2.73. The number of piperazine rings is 1. The van der Waals surface area contributed by atoms with Crippen LogP contribution in [0.15, 0.2) is 29.3 Å². The second-order valence-electron chi connectivity index (χ2n) is 7.74. The molecule has 1 heterocycles. The molecule has 1 saturated heterocycles. The predicted octanol–water partition coefficient (Wildman–Crippen LogP) is 2.38. The fraction of sp³-hybridized carbons (Fsp3) is 0.682. The molecule has 1 fully saturated rings. The summed E-state index contributed by atoms with van der Waals surface area (Å²) < 4.78 is 5.23. The molecule has 0 spiro atoms. The molecule has 158 valence electrons. The largest absolute Gasteiger partial charge is 0.497 e. The van der Waals surface area contributed by atoms with Gasteiger partial charge in [-0.1, -0.05) is 19.1 Å². The topological polar surface area (TPSA) is 52.1 Å². The lowest BCUT2D eigenvalue weighted by atomic mass is 9.98. The maximum Gasteiger partial charge on any atom is 0.190 e. The molecule has 0 radical (unpaired) electrons. The Morgan fingerprint density at radius 3 is 2.39 bits per heavy atom. The van der Waals surface area contributed by atoms with Gasteiger partial charge in [0, 0.05) is 46.3 Å². The summed E-state index contributed by atoms with van der Waals surface area (Å²) in [5.41, 5.74) is 1.34. The number of hydrogen-bond donors (Lipinski definition) is 2. The molecule has 1 aromatic rings. The van der Waals surface area contributed by atoms with Crippen molar-refractivity contribution in [3.05, 3.63) is 29.8 Å². The molecular weight excluding hydrogens is 350 g/mol. The zero-order chi connectivity index (χ0) is 20.2. The van der Waals surface area contributed by atoms with Crippen molar-refractivity contribution in [1.29, 1.82) is 0 Å². The van der Waals surface area contributed by atoms with E-state index in [9.17, 15) is 0 Å². The number of unbranched alkanes of at least 4 members (excludes halogenated alkanes) is 1. The van der Waals surface area contributed by atoms with Gasteiger partial charge in [-0.2, -0.15) is 0 Å². The number of aliphatic imine (C=N–C) groups is 1. The molecule has 0 saturated carbocycles. The predicted molar refractivity (Wildman–Crippen MR) is 119 cm³/mol. The Kier molecular flexibility index (Phi) is 10.1. The van der Waals surface area contributed by atoms with E-state index in [4.69, 9.17) is 4.74 Å². The fourth-order valence-electron chi connectivity index (χ4n) is 3.47. The highest BCUT2D eigenvalue weighted by molar-refractivity contribution is 5.79. The van der Waals surface area contributed by atoms with Gasteiger partial charge in [0.2, 0.25) is 0 Å². The van der Waals surface area contributed by atoms with E-state index in [2.05, 4.69) is 51.5 Å². The number of rotatable bonds is 10. The third-order valence-corrected chi connectivity index (χ3v) is 5.57.